The zero-order valence-corrected chi connectivity index (χ0v) is 25.9. The third kappa shape index (κ3) is 7.11. The summed E-state index contributed by atoms with van der Waals surface area (Å²) in [6, 6.07) is 18.3. The number of thiazole rings is 1. The lowest BCUT2D eigenvalue weighted by atomic mass is 9.97. The topological polar surface area (TPSA) is 74.8 Å². The van der Waals surface area contributed by atoms with E-state index >= 15 is 0 Å². The van der Waals surface area contributed by atoms with Crippen molar-refractivity contribution >= 4 is 62.7 Å². The van der Waals surface area contributed by atoms with Gasteiger partial charge in [0.2, 0.25) is 5.91 Å². The fraction of sp³-hybridized carbons (Fsp3) is 0.375. The van der Waals surface area contributed by atoms with Crippen molar-refractivity contribution in [3.63, 3.8) is 0 Å². The average Bonchev–Trinajstić information content (AvgIpc) is 3.52. The molecule has 6 rings (SSSR count). The van der Waals surface area contributed by atoms with E-state index in [-0.39, 0.29) is 30.9 Å². The van der Waals surface area contributed by atoms with Crippen LogP contribution >= 0.6 is 35.3 Å². The minimum Gasteiger partial charge on any atom is -0.490 e. The van der Waals surface area contributed by atoms with Crippen molar-refractivity contribution in [3.05, 3.63) is 81.2 Å². The number of rotatable bonds is 9. The van der Waals surface area contributed by atoms with Gasteiger partial charge in [-0.3, -0.25) is 19.4 Å². The van der Waals surface area contributed by atoms with E-state index in [4.69, 9.17) is 17.0 Å². The molecule has 7 nitrogen and oxygen atoms in total. The number of hydrogen-bond acceptors (Lipinski definition) is 8. The first kappa shape index (κ1) is 29.0. The Morgan fingerprint density at radius 1 is 1.10 bits per heavy atom. The molecule has 2 fully saturated rings. The Hall–Kier alpha value is -3.05. The summed E-state index contributed by atoms with van der Waals surface area (Å²) in [7, 11) is 0. The highest BCUT2D eigenvalue weighted by Crippen LogP contribution is 2.35. The van der Waals surface area contributed by atoms with E-state index in [0.717, 1.165) is 55.9 Å². The molecule has 0 spiro atoms. The highest BCUT2D eigenvalue weighted by molar-refractivity contribution is 8.26. The summed E-state index contributed by atoms with van der Waals surface area (Å²) in [5.41, 5.74) is 3.23. The van der Waals surface area contributed by atoms with Crippen LogP contribution in [0, 0.1) is 0 Å². The molecule has 3 aliphatic rings. The van der Waals surface area contributed by atoms with Gasteiger partial charge < -0.3 is 10.1 Å². The zero-order chi connectivity index (χ0) is 28.9. The van der Waals surface area contributed by atoms with Gasteiger partial charge in [0.1, 0.15) is 10.1 Å². The van der Waals surface area contributed by atoms with Crippen LogP contribution in [0.15, 0.2) is 59.5 Å². The molecule has 0 bridgehead atoms. The summed E-state index contributed by atoms with van der Waals surface area (Å²) >= 11 is 8.33. The quantitative estimate of drug-likeness (QED) is 0.213. The number of hydrogen-bond donors (Lipinski definition) is 1. The molecule has 218 valence electrons. The van der Waals surface area contributed by atoms with Crippen LogP contribution in [0.3, 0.4) is 0 Å². The van der Waals surface area contributed by atoms with Crippen LogP contribution in [0.2, 0.25) is 0 Å². The maximum atomic E-state index is 13.2. The van der Waals surface area contributed by atoms with E-state index in [1.54, 1.807) is 0 Å². The molecular formula is C32H34N4O3S3. The monoisotopic (exact) mass is 618 g/mol. The summed E-state index contributed by atoms with van der Waals surface area (Å²) in [5.74, 6) is 0.448. The Kier molecular flexibility index (Phi) is 9.34. The van der Waals surface area contributed by atoms with Crippen molar-refractivity contribution in [2.24, 2.45) is 0 Å². The smallest absolute Gasteiger partial charge is 0.266 e. The maximum Gasteiger partial charge on any atom is 0.266 e. The van der Waals surface area contributed by atoms with Gasteiger partial charge in [-0.15, -0.1) is 11.3 Å². The largest absolute Gasteiger partial charge is 0.490 e. The molecule has 1 aliphatic carbocycles. The van der Waals surface area contributed by atoms with Crippen molar-refractivity contribution in [2.75, 3.05) is 18.4 Å². The summed E-state index contributed by atoms with van der Waals surface area (Å²) in [6.07, 6.45) is 8.87. The second-order valence-corrected chi connectivity index (χ2v) is 13.6. The van der Waals surface area contributed by atoms with Crippen LogP contribution in [0.4, 0.5) is 5.13 Å². The second-order valence-electron chi connectivity index (χ2n) is 10.9. The number of fused-ring (bicyclic) bond motifs is 1. The molecular weight excluding hydrogens is 585 g/mol. The van der Waals surface area contributed by atoms with Gasteiger partial charge in [0.25, 0.3) is 5.91 Å². The van der Waals surface area contributed by atoms with E-state index in [2.05, 4.69) is 39.5 Å². The van der Waals surface area contributed by atoms with E-state index < -0.39 is 0 Å². The van der Waals surface area contributed by atoms with Gasteiger partial charge in [-0.05, 0) is 43.4 Å². The lowest BCUT2D eigenvalue weighted by Gasteiger charge is -2.25. The van der Waals surface area contributed by atoms with E-state index in [9.17, 15) is 9.59 Å². The minimum atomic E-state index is -0.175. The van der Waals surface area contributed by atoms with Crippen LogP contribution in [0.1, 0.15) is 60.2 Å². The van der Waals surface area contributed by atoms with Gasteiger partial charge in [-0.1, -0.05) is 78.9 Å². The average molecular weight is 619 g/mol. The standard InChI is InChI=1S/C32H34N4O3S3/c37-29(34-31-33-25-15-17-35(21-28(25)41-31)20-22-9-3-1-4-10-22)16-18-36-30(38)27(42-32(36)40)19-23-11-7-8-14-26(23)39-24-12-5-2-6-13-24/h1,3-4,7-11,14,19,24H,2,5-6,12-13,15-18,20-21H2,(H,33,34,37)/b27-19-. The first-order valence-electron chi connectivity index (χ1n) is 14.6. The van der Waals surface area contributed by atoms with Crippen molar-refractivity contribution in [1.82, 2.24) is 14.8 Å². The van der Waals surface area contributed by atoms with Crippen LogP contribution in [0.25, 0.3) is 6.08 Å². The number of aromatic nitrogens is 1. The van der Waals surface area contributed by atoms with Crippen molar-refractivity contribution in [3.8, 4) is 5.75 Å². The number of nitrogens with zero attached hydrogens (tertiary/aromatic N) is 3. The number of para-hydroxylation sites is 1. The lowest BCUT2D eigenvalue weighted by Crippen LogP contribution is -2.31. The van der Waals surface area contributed by atoms with Crippen LogP contribution in [-0.4, -0.2) is 50.1 Å². The van der Waals surface area contributed by atoms with E-state index in [1.807, 2.05) is 36.4 Å². The molecule has 1 N–H and O–H groups in total. The molecule has 0 radical (unpaired) electrons. The van der Waals surface area contributed by atoms with Crippen LogP contribution < -0.4 is 10.1 Å². The minimum absolute atomic E-state index is 0.144. The number of carbonyl (C=O) groups excluding carboxylic acids is 2. The summed E-state index contributed by atoms with van der Waals surface area (Å²) in [4.78, 5) is 36.4. The van der Waals surface area contributed by atoms with Gasteiger partial charge >= 0.3 is 0 Å². The normalized spacial score (nSPS) is 18.9. The number of anilines is 1. The fourth-order valence-corrected chi connectivity index (χ4v) is 7.94. The molecule has 3 aromatic rings. The maximum absolute atomic E-state index is 13.2. The molecule has 2 aromatic carbocycles. The molecule has 42 heavy (non-hydrogen) atoms. The number of ether oxygens (including phenoxy) is 1. The Morgan fingerprint density at radius 3 is 2.71 bits per heavy atom. The molecule has 0 atom stereocenters. The SMILES string of the molecule is O=C(CCN1C(=O)/C(=C/c2ccccc2OC2CCCCC2)SC1=S)Nc1nc2c(s1)CN(Cc1ccccc1)CC2. The third-order valence-electron chi connectivity index (χ3n) is 7.79. The number of carbonyl (C=O) groups is 2. The Bertz CT molecular complexity index is 1480. The second kappa shape index (κ2) is 13.5. The first-order valence-corrected chi connectivity index (χ1v) is 16.6. The Labute approximate surface area is 260 Å². The van der Waals surface area contributed by atoms with Gasteiger partial charge in [-0.2, -0.15) is 0 Å². The van der Waals surface area contributed by atoms with Gasteiger partial charge in [-0.25, -0.2) is 4.98 Å². The molecule has 2 aliphatic heterocycles. The van der Waals surface area contributed by atoms with Crippen molar-refractivity contribution < 1.29 is 14.3 Å². The summed E-state index contributed by atoms with van der Waals surface area (Å²) < 4.78 is 6.78. The van der Waals surface area contributed by atoms with Gasteiger partial charge in [0.05, 0.1) is 16.7 Å². The lowest BCUT2D eigenvalue weighted by molar-refractivity contribution is -0.122. The molecule has 1 saturated heterocycles. The molecule has 10 heteroatoms. The number of amides is 2. The van der Waals surface area contributed by atoms with Gasteiger partial charge in [0, 0.05) is 49.5 Å². The summed E-state index contributed by atoms with van der Waals surface area (Å²) in [5, 5.41) is 3.56. The molecule has 2 amide bonds. The third-order valence-corrected chi connectivity index (χ3v) is 10.2. The highest BCUT2D eigenvalue weighted by atomic mass is 32.2. The molecule has 1 saturated carbocycles. The number of nitrogens with one attached hydrogen (secondary N) is 1. The van der Waals surface area contributed by atoms with E-state index in [0.29, 0.717) is 14.4 Å². The Balaban J connectivity index is 1.03. The Morgan fingerprint density at radius 2 is 1.88 bits per heavy atom. The fourth-order valence-electron chi connectivity index (χ4n) is 5.58. The number of thioether (sulfide) groups is 1. The van der Waals surface area contributed by atoms with Gasteiger partial charge in [0.15, 0.2) is 5.13 Å². The predicted octanol–water partition coefficient (Wildman–Crippen LogP) is 6.64. The first-order chi connectivity index (χ1) is 20.5. The highest BCUT2D eigenvalue weighted by Gasteiger charge is 2.32. The molecule has 1 aromatic heterocycles. The van der Waals surface area contributed by atoms with E-state index in [1.165, 1.54) is 57.7 Å². The zero-order valence-electron chi connectivity index (χ0n) is 23.4. The van der Waals surface area contributed by atoms with Crippen LogP contribution in [-0.2, 0) is 29.1 Å². The van der Waals surface area contributed by atoms with Crippen molar-refractivity contribution in [2.45, 2.75) is 64.1 Å². The predicted molar refractivity (Wildman–Crippen MR) is 173 cm³/mol. The molecule has 3 heterocycles. The molecule has 0 unspecified atom stereocenters. The number of benzene rings is 2. The van der Waals surface area contributed by atoms with Crippen LogP contribution in [0.5, 0.6) is 5.75 Å². The van der Waals surface area contributed by atoms with Crippen molar-refractivity contribution in [1.29, 1.82) is 0 Å². The summed E-state index contributed by atoms with van der Waals surface area (Å²) in [6.45, 7) is 2.90. The number of thiocarbonyl (C=S) groups is 1.